The van der Waals surface area contributed by atoms with Crippen LogP contribution in [0.4, 0.5) is 0 Å². The molecule has 1 fully saturated rings. The van der Waals surface area contributed by atoms with Crippen molar-refractivity contribution >= 4 is 5.91 Å². The number of hydrogen-bond donors (Lipinski definition) is 2. The third-order valence-electron chi connectivity index (χ3n) is 3.83. The number of amides is 1. The summed E-state index contributed by atoms with van der Waals surface area (Å²) in [6.07, 6.45) is 1.16. The second-order valence-electron chi connectivity index (χ2n) is 5.26. The summed E-state index contributed by atoms with van der Waals surface area (Å²) < 4.78 is 0. The standard InChI is InChI=1S/C15H22N2O2/c1-3-17-7-6-12(10-17)9-16-15(19)13-4-5-14(18)11(2)8-13/h4-5,8,12,18H,3,6-7,9-10H2,1-2H3,(H,16,19). The van der Waals surface area contributed by atoms with Crippen LogP contribution in [-0.4, -0.2) is 42.1 Å². The summed E-state index contributed by atoms with van der Waals surface area (Å²) in [5.41, 5.74) is 1.34. The summed E-state index contributed by atoms with van der Waals surface area (Å²) in [6, 6.07) is 4.95. The zero-order valence-electron chi connectivity index (χ0n) is 11.6. The quantitative estimate of drug-likeness (QED) is 0.869. The van der Waals surface area contributed by atoms with Crippen molar-refractivity contribution in [2.45, 2.75) is 20.3 Å². The highest BCUT2D eigenvalue weighted by Crippen LogP contribution is 2.17. The van der Waals surface area contributed by atoms with Gasteiger partial charge in [0, 0.05) is 18.7 Å². The van der Waals surface area contributed by atoms with Crippen LogP contribution in [0.1, 0.15) is 29.3 Å². The smallest absolute Gasteiger partial charge is 0.251 e. The van der Waals surface area contributed by atoms with Crippen molar-refractivity contribution < 1.29 is 9.90 Å². The van der Waals surface area contributed by atoms with E-state index in [9.17, 15) is 9.90 Å². The van der Waals surface area contributed by atoms with Crippen molar-refractivity contribution in [2.75, 3.05) is 26.2 Å². The van der Waals surface area contributed by atoms with Gasteiger partial charge in [0.1, 0.15) is 5.75 Å². The third-order valence-corrected chi connectivity index (χ3v) is 3.83. The molecule has 4 nitrogen and oxygen atoms in total. The molecule has 19 heavy (non-hydrogen) atoms. The lowest BCUT2D eigenvalue weighted by Crippen LogP contribution is -2.31. The van der Waals surface area contributed by atoms with Gasteiger partial charge >= 0.3 is 0 Å². The molecule has 2 rings (SSSR count). The molecular formula is C15H22N2O2. The van der Waals surface area contributed by atoms with Crippen molar-refractivity contribution in [1.29, 1.82) is 0 Å². The number of carbonyl (C=O) groups is 1. The van der Waals surface area contributed by atoms with E-state index in [1.165, 1.54) is 0 Å². The van der Waals surface area contributed by atoms with Crippen molar-refractivity contribution in [3.8, 4) is 5.75 Å². The molecule has 1 aromatic carbocycles. The molecule has 1 amide bonds. The SMILES string of the molecule is CCN1CCC(CNC(=O)c2ccc(O)c(C)c2)C1. The Kier molecular flexibility index (Phi) is 4.43. The Bertz CT molecular complexity index is 459. The third kappa shape index (κ3) is 3.47. The number of nitrogens with one attached hydrogen (secondary N) is 1. The molecule has 1 atom stereocenters. The molecule has 0 saturated carbocycles. The molecule has 0 spiro atoms. The molecule has 1 aliphatic rings. The number of aryl methyl sites for hydroxylation is 1. The molecule has 1 aliphatic heterocycles. The van der Waals surface area contributed by atoms with Crippen LogP contribution < -0.4 is 5.32 Å². The maximum Gasteiger partial charge on any atom is 0.251 e. The highest BCUT2D eigenvalue weighted by Gasteiger charge is 2.21. The van der Waals surface area contributed by atoms with Crippen LogP contribution in [0.25, 0.3) is 0 Å². The second-order valence-corrected chi connectivity index (χ2v) is 5.26. The minimum Gasteiger partial charge on any atom is -0.508 e. The van der Waals surface area contributed by atoms with Crippen LogP contribution in [0.5, 0.6) is 5.75 Å². The number of phenolic OH excluding ortho intramolecular Hbond substituents is 1. The van der Waals surface area contributed by atoms with E-state index in [1.807, 2.05) is 0 Å². The maximum atomic E-state index is 12.0. The van der Waals surface area contributed by atoms with Crippen molar-refractivity contribution in [3.63, 3.8) is 0 Å². The summed E-state index contributed by atoms with van der Waals surface area (Å²) >= 11 is 0. The molecule has 1 unspecified atom stereocenters. The van der Waals surface area contributed by atoms with Gasteiger partial charge in [-0.1, -0.05) is 6.92 Å². The number of likely N-dealkylation sites (tertiary alicyclic amines) is 1. The van der Waals surface area contributed by atoms with E-state index >= 15 is 0 Å². The van der Waals surface area contributed by atoms with Gasteiger partial charge in [0.15, 0.2) is 0 Å². The topological polar surface area (TPSA) is 52.6 Å². The molecule has 0 aromatic heterocycles. The van der Waals surface area contributed by atoms with Gasteiger partial charge < -0.3 is 15.3 Å². The monoisotopic (exact) mass is 262 g/mol. The second kappa shape index (κ2) is 6.06. The number of hydrogen-bond acceptors (Lipinski definition) is 3. The Morgan fingerprint density at radius 2 is 2.32 bits per heavy atom. The fraction of sp³-hybridized carbons (Fsp3) is 0.533. The number of phenols is 1. The highest BCUT2D eigenvalue weighted by atomic mass is 16.3. The number of nitrogens with zero attached hydrogens (tertiary/aromatic N) is 1. The van der Waals surface area contributed by atoms with E-state index in [0.29, 0.717) is 11.5 Å². The number of benzene rings is 1. The Morgan fingerprint density at radius 1 is 1.53 bits per heavy atom. The van der Waals surface area contributed by atoms with Crippen LogP contribution in [0.15, 0.2) is 18.2 Å². The lowest BCUT2D eigenvalue weighted by atomic mass is 10.1. The summed E-state index contributed by atoms with van der Waals surface area (Å²) in [5, 5.41) is 12.4. The predicted molar refractivity (Wildman–Crippen MR) is 75.4 cm³/mol. The van der Waals surface area contributed by atoms with Gasteiger partial charge in [-0.05, 0) is 56.1 Å². The summed E-state index contributed by atoms with van der Waals surface area (Å²) in [5.74, 6) is 0.728. The lowest BCUT2D eigenvalue weighted by molar-refractivity contribution is 0.0947. The lowest BCUT2D eigenvalue weighted by Gasteiger charge is -2.14. The number of rotatable bonds is 4. The van der Waals surface area contributed by atoms with E-state index in [2.05, 4.69) is 17.1 Å². The minimum atomic E-state index is -0.0574. The first-order chi connectivity index (χ1) is 9.10. The van der Waals surface area contributed by atoms with E-state index in [-0.39, 0.29) is 11.7 Å². The van der Waals surface area contributed by atoms with Gasteiger partial charge in [-0.15, -0.1) is 0 Å². The van der Waals surface area contributed by atoms with Gasteiger partial charge in [-0.3, -0.25) is 4.79 Å². The summed E-state index contributed by atoms with van der Waals surface area (Å²) in [6.45, 7) is 7.99. The number of carbonyl (C=O) groups excluding carboxylic acids is 1. The fourth-order valence-electron chi connectivity index (χ4n) is 2.50. The van der Waals surface area contributed by atoms with Gasteiger partial charge in [0.2, 0.25) is 0 Å². The zero-order chi connectivity index (χ0) is 13.8. The van der Waals surface area contributed by atoms with Crippen molar-refractivity contribution in [2.24, 2.45) is 5.92 Å². The summed E-state index contributed by atoms with van der Waals surface area (Å²) in [7, 11) is 0. The van der Waals surface area contributed by atoms with Crippen LogP contribution >= 0.6 is 0 Å². The molecule has 4 heteroatoms. The molecule has 1 heterocycles. The zero-order valence-corrected chi connectivity index (χ0v) is 11.6. The average molecular weight is 262 g/mol. The van der Waals surface area contributed by atoms with E-state index in [1.54, 1.807) is 25.1 Å². The minimum absolute atomic E-state index is 0.0574. The van der Waals surface area contributed by atoms with E-state index < -0.39 is 0 Å². The Balaban J connectivity index is 1.86. The Labute approximate surface area is 114 Å². The Morgan fingerprint density at radius 3 is 2.95 bits per heavy atom. The Hall–Kier alpha value is -1.55. The van der Waals surface area contributed by atoms with Crippen molar-refractivity contribution in [3.05, 3.63) is 29.3 Å². The van der Waals surface area contributed by atoms with Crippen molar-refractivity contribution in [1.82, 2.24) is 10.2 Å². The highest BCUT2D eigenvalue weighted by molar-refractivity contribution is 5.94. The molecular weight excluding hydrogens is 240 g/mol. The van der Waals surface area contributed by atoms with Crippen LogP contribution in [0.2, 0.25) is 0 Å². The van der Waals surface area contributed by atoms with E-state index in [4.69, 9.17) is 0 Å². The first-order valence-corrected chi connectivity index (χ1v) is 6.90. The maximum absolute atomic E-state index is 12.0. The molecule has 1 saturated heterocycles. The first kappa shape index (κ1) is 13.9. The first-order valence-electron chi connectivity index (χ1n) is 6.90. The van der Waals surface area contributed by atoms with Gasteiger partial charge in [0.25, 0.3) is 5.91 Å². The number of aromatic hydroxyl groups is 1. The van der Waals surface area contributed by atoms with Gasteiger partial charge in [0.05, 0.1) is 0 Å². The summed E-state index contributed by atoms with van der Waals surface area (Å²) in [4.78, 5) is 14.4. The van der Waals surface area contributed by atoms with Crippen LogP contribution in [0.3, 0.4) is 0 Å². The molecule has 0 aliphatic carbocycles. The predicted octanol–water partition coefficient (Wildman–Crippen LogP) is 1.77. The van der Waals surface area contributed by atoms with E-state index in [0.717, 1.165) is 38.2 Å². The van der Waals surface area contributed by atoms with Gasteiger partial charge in [-0.2, -0.15) is 0 Å². The van der Waals surface area contributed by atoms with Crippen LogP contribution in [-0.2, 0) is 0 Å². The average Bonchev–Trinajstić information content (AvgIpc) is 2.87. The molecule has 1 aromatic rings. The molecule has 0 bridgehead atoms. The molecule has 2 N–H and O–H groups in total. The molecule has 0 radical (unpaired) electrons. The molecule has 104 valence electrons. The normalized spacial score (nSPS) is 19.6. The fourth-order valence-corrected chi connectivity index (χ4v) is 2.50. The largest absolute Gasteiger partial charge is 0.508 e. The van der Waals surface area contributed by atoms with Gasteiger partial charge in [-0.25, -0.2) is 0 Å². The van der Waals surface area contributed by atoms with Crippen LogP contribution in [0, 0.1) is 12.8 Å².